The minimum absolute atomic E-state index is 0.345. The molecule has 1 saturated heterocycles. The average molecular weight is 255 g/mol. The predicted octanol–water partition coefficient (Wildman–Crippen LogP) is 3.83. The fourth-order valence-electron chi connectivity index (χ4n) is 3.01. The summed E-state index contributed by atoms with van der Waals surface area (Å²) in [6.45, 7) is 6.25. The Balaban J connectivity index is 1.92. The molecule has 18 heavy (non-hydrogen) atoms. The molecule has 1 N–H and O–H groups in total. The third kappa shape index (κ3) is 7.38. The summed E-state index contributed by atoms with van der Waals surface area (Å²) in [5.74, 6) is 0.988. The van der Waals surface area contributed by atoms with Gasteiger partial charge >= 0.3 is 0 Å². The summed E-state index contributed by atoms with van der Waals surface area (Å²) in [6.07, 6.45) is 13.7. The summed E-state index contributed by atoms with van der Waals surface area (Å²) in [6, 6.07) is 0. The van der Waals surface area contributed by atoms with Crippen LogP contribution in [0.25, 0.3) is 0 Å². The van der Waals surface area contributed by atoms with Crippen LogP contribution in [0, 0.1) is 5.92 Å². The Hall–Kier alpha value is -0.0800. The van der Waals surface area contributed by atoms with Gasteiger partial charge in [-0.1, -0.05) is 51.9 Å². The van der Waals surface area contributed by atoms with Crippen molar-refractivity contribution >= 4 is 0 Å². The minimum atomic E-state index is 0.345. The zero-order valence-corrected chi connectivity index (χ0v) is 12.4. The van der Waals surface area contributed by atoms with Gasteiger partial charge in [0.2, 0.25) is 0 Å². The maximum atomic E-state index is 8.83. The molecule has 1 fully saturated rings. The van der Waals surface area contributed by atoms with E-state index in [4.69, 9.17) is 5.11 Å². The summed E-state index contributed by atoms with van der Waals surface area (Å²) in [5, 5.41) is 8.83. The highest BCUT2D eigenvalue weighted by Gasteiger charge is 2.17. The Morgan fingerprint density at radius 3 is 2.28 bits per heavy atom. The summed E-state index contributed by atoms with van der Waals surface area (Å²) in [7, 11) is 0. The van der Waals surface area contributed by atoms with E-state index in [1.807, 2.05) is 0 Å². The van der Waals surface area contributed by atoms with Gasteiger partial charge in [-0.15, -0.1) is 0 Å². The first-order chi connectivity index (χ1) is 8.86. The lowest BCUT2D eigenvalue weighted by Crippen LogP contribution is -2.34. The zero-order chi connectivity index (χ0) is 13.1. The minimum Gasteiger partial charge on any atom is -0.396 e. The second kappa shape index (κ2) is 10.8. The lowest BCUT2D eigenvalue weighted by molar-refractivity contribution is 0.162. The second-order valence-electron chi connectivity index (χ2n) is 5.92. The fourth-order valence-corrected chi connectivity index (χ4v) is 3.01. The first-order valence-corrected chi connectivity index (χ1v) is 8.20. The largest absolute Gasteiger partial charge is 0.396 e. The van der Waals surface area contributed by atoms with E-state index in [2.05, 4.69) is 11.8 Å². The van der Waals surface area contributed by atoms with Crippen LogP contribution in [-0.4, -0.2) is 36.2 Å². The van der Waals surface area contributed by atoms with Crippen LogP contribution < -0.4 is 0 Å². The van der Waals surface area contributed by atoms with Crippen molar-refractivity contribution in [2.45, 2.75) is 71.1 Å². The number of rotatable bonds is 10. The van der Waals surface area contributed by atoms with Gasteiger partial charge in [0.1, 0.15) is 0 Å². The zero-order valence-electron chi connectivity index (χ0n) is 12.4. The molecule has 0 atom stereocenters. The van der Waals surface area contributed by atoms with E-state index < -0.39 is 0 Å². The highest BCUT2D eigenvalue weighted by Crippen LogP contribution is 2.23. The molecule has 2 nitrogen and oxygen atoms in total. The van der Waals surface area contributed by atoms with Crippen LogP contribution >= 0.6 is 0 Å². The second-order valence-corrected chi connectivity index (χ2v) is 5.92. The highest BCUT2D eigenvalue weighted by atomic mass is 16.3. The van der Waals surface area contributed by atoms with Gasteiger partial charge in [0.25, 0.3) is 0 Å². The van der Waals surface area contributed by atoms with Crippen LogP contribution in [0.15, 0.2) is 0 Å². The number of aliphatic hydroxyl groups is 1. The highest BCUT2D eigenvalue weighted by molar-refractivity contribution is 4.72. The predicted molar refractivity (Wildman–Crippen MR) is 78.9 cm³/mol. The molecule has 1 aliphatic rings. The van der Waals surface area contributed by atoms with Crippen molar-refractivity contribution in [3.8, 4) is 0 Å². The summed E-state index contributed by atoms with van der Waals surface area (Å²) in [4.78, 5) is 2.52. The first kappa shape index (κ1) is 16.0. The van der Waals surface area contributed by atoms with Crippen LogP contribution in [0.1, 0.15) is 71.1 Å². The van der Waals surface area contributed by atoms with Crippen molar-refractivity contribution in [1.82, 2.24) is 4.90 Å². The van der Waals surface area contributed by atoms with Crippen molar-refractivity contribution in [3.63, 3.8) is 0 Å². The van der Waals surface area contributed by atoms with Crippen molar-refractivity contribution in [2.75, 3.05) is 26.2 Å². The average Bonchev–Trinajstić information content (AvgIpc) is 2.42. The van der Waals surface area contributed by atoms with Crippen molar-refractivity contribution in [3.05, 3.63) is 0 Å². The first-order valence-electron chi connectivity index (χ1n) is 8.20. The molecule has 0 aliphatic carbocycles. The smallest absolute Gasteiger partial charge is 0.0443 e. The Morgan fingerprint density at radius 2 is 1.61 bits per heavy atom. The maximum Gasteiger partial charge on any atom is 0.0443 e. The normalized spacial score (nSPS) is 18.3. The molecule has 0 aromatic heterocycles. The molecular formula is C16H33NO. The standard InChI is InChI=1S/C16H33NO/c1-2-3-4-5-6-7-9-16-10-13-17(14-11-16)12-8-15-18/h16,18H,2-15H2,1H3. The molecule has 1 aliphatic heterocycles. The lowest BCUT2D eigenvalue weighted by atomic mass is 9.91. The molecule has 108 valence electrons. The van der Waals surface area contributed by atoms with E-state index in [0.717, 1.165) is 18.9 Å². The molecule has 2 heteroatoms. The van der Waals surface area contributed by atoms with E-state index in [1.54, 1.807) is 0 Å². The molecule has 0 unspecified atom stereocenters. The molecule has 0 spiro atoms. The summed E-state index contributed by atoms with van der Waals surface area (Å²) >= 11 is 0. The number of aliphatic hydroxyl groups excluding tert-OH is 1. The van der Waals surface area contributed by atoms with Crippen molar-refractivity contribution in [2.24, 2.45) is 5.92 Å². The molecule has 1 heterocycles. The van der Waals surface area contributed by atoms with Gasteiger partial charge in [-0.3, -0.25) is 0 Å². The molecular weight excluding hydrogens is 222 g/mol. The van der Waals surface area contributed by atoms with E-state index >= 15 is 0 Å². The van der Waals surface area contributed by atoms with Gasteiger partial charge in [0.15, 0.2) is 0 Å². The fraction of sp³-hybridized carbons (Fsp3) is 1.00. The van der Waals surface area contributed by atoms with Crippen LogP contribution in [-0.2, 0) is 0 Å². The third-order valence-electron chi connectivity index (χ3n) is 4.31. The molecule has 0 aromatic rings. The van der Waals surface area contributed by atoms with Crippen LogP contribution in [0.5, 0.6) is 0 Å². The molecule has 0 saturated carbocycles. The van der Waals surface area contributed by atoms with E-state index in [1.165, 1.54) is 70.9 Å². The Bertz CT molecular complexity index is 176. The van der Waals surface area contributed by atoms with E-state index in [9.17, 15) is 0 Å². The lowest BCUT2D eigenvalue weighted by Gasteiger charge is -2.31. The number of hydrogen-bond donors (Lipinski definition) is 1. The van der Waals surface area contributed by atoms with E-state index in [-0.39, 0.29) is 0 Å². The molecule has 0 amide bonds. The van der Waals surface area contributed by atoms with Gasteiger partial charge in [0.05, 0.1) is 0 Å². The topological polar surface area (TPSA) is 23.5 Å². The van der Waals surface area contributed by atoms with Gasteiger partial charge in [0, 0.05) is 13.2 Å². The quantitative estimate of drug-likeness (QED) is 0.600. The SMILES string of the molecule is CCCCCCCCC1CCN(CCCO)CC1. The Morgan fingerprint density at radius 1 is 0.944 bits per heavy atom. The number of likely N-dealkylation sites (tertiary alicyclic amines) is 1. The summed E-state index contributed by atoms with van der Waals surface area (Å²) < 4.78 is 0. The number of hydrogen-bond acceptors (Lipinski definition) is 2. The summed E-state index contributed by atoms with van der Waals surface area (Å²) in [5.41, 5.74) is 0. The third-order valence-corrected chi connectivity index (χ3v) is 4.31. The van der Waals surface area contributed by atoms with Gasteiger partial charge in [-0.25, -0.2) is 0 Å². The Kier molecular flexibility index (Phi) is 9.59. The van der Waals surface area contributed by atoms with Gasteiger partial charge in [-0.05, 0) is 38.3 Å². The van der Waals surface area contributed by atoms with Crippen LogP contribution in [0.4, 0.5) is 0 Å². The molecule has 1 rings (SSSR count). The molecule has 0 radical (unpaired) electrons. The number of nitrogens with zero attached hydrogens (tertiary/aromatic N) is 1. The van der Waals surface area contributed by atoms with Crippen molar-refractivity contribution in [1.29, 1.82) is 0 Å². The monoisotopic (exact) mass is 255 g/mol. The maximum absolute atomic E-state index is 8.83. The van der Waals surface area contributed by atoms with Gasteiger partial charge < -0.3 is 10.0 Å². The Labute approximate surface area is 114 Å². The van der Waals surface area contributed by atoms with Crippen LogP contribution in [0.2, 0.25) is 0 Å². The van der Waals surface area contributed by atoms with Crippen LogP contribution in [0.3, 0.4) is 0 Å². The van der Waals surface area contributed by atoms with Crippen molar-refractivity contribution < 1.29 is 5.11 Å². The number of piperidine rings is 1. The van der Waals surface area contributed by atoms with E-state index in [0.29, 0.717) is 6.61 Å². The molecule has 0 bridgehead atoms. The molecule has 0 aromatic carbocycles. The van der Waals surface area contributed by atoms with Gasteiger partial charge in [-0.2, -0.15) is 0 Å². The number of unbranched alkanes of at least 4 members (excludes halogenated alkanes) is 5.